The summed E-state index contributed by atoms with van der Waals surface area (Å²) in [6, 6.07) is 18.2. The number of carbonyl (C=O) groups excluding carboxylic acids is 1. The summed E-state index contributed by atoms with van der Waals surface area (Å²) in [5.74, 6) is 1.95. The minimum Gasteiger partial charge on any atom is -0.484 e. The number of aromatic nitrogens is 2. The van der Waals surface area contributed by atoms with Crippen molar-refractivity contribution in [3.8, 4) is 5.75 Å². The van der Waals surface area contributed by atoms with Crippen molar-refractivity contribution in [2.75, 3.05) is 50.5 Å². The molecule has 0 radical (unpaired) electrons. The number of hydrogen-bond donors (Lipinski definition) is 2. The molecule has 0 spiro atoms. The van der Waals surface area contributed by atoms with E-state index in [-0.39, 0.29) is 12.0 Å². The van der Waals surface area contributed by atoms with Gasteiger partial charge in [-0.15, -0.1) is 0 Å². The maximum absolute atomic E-state index is 13.3. The average Bonchev–Trinajstić information content (AvgIpc) is 2.97. The van der Waals surface area contributed by atoms with E-state index in [4.69, 9.17) is 4.74 Å². The average molecular weight is 461 g/mol. The number of hydrogen-bond acceptors (Lipinski definition) is 7. The molecule has 1 aliphatic rings. The van der Waals surface area contributed by atoms with E-state index in [9.17, 15) is 4.79 Å². The Morgan fingerprint density at radius 2 is 1.85 bits per heavy atom. The summed E-state index contributed by atoms with van der Waals surface area (Å²) in [5.41, 5.74) is 2.69. The molecule has 34 heavy (non-hydrogen) atoms. The largest absolute Gasteiger partial charge is 0.484 e. The summed E-state index contributed by atoms with van der Waals surface area (Å²) in [7, 11) is 3.88. The molecule has 8 heteroatoms. The number of carbonyl (C=O) groups is 1. The molecule has 0 aliphatic carbocycles. The normalized spacial score (nSPS) is 14.4. The Kier molecular flexibility index (Phi) is 7.59. The highest BCUT2D eigenvalue weighted by molar-refractivity contribution is 5.99. The first-order chi connectivity index (χ1) is 16.6. The molecule has 178 valence electrons. The third-order valence-corrected chi connectivity index (χ3v) is 5.82. The van der Waals surface area contributed by atoms with E-state index >= 15 is 0 Å². The lowest BCUT2D eigenvalue weighted by molar-refractivity contribution is 0.0754. The predicted molar refractivity (Wildman–Crippen MR) is 134 cm³/mol. The highest BCUT2D eigenvalue weighted by Crippen LogP contribution is 2.25. The zero-order valence-electron chi connectivity index (χ0n) is 20.0. The van der Waals surface area contributed by atoms with E-state index in [1.54, 1.807) is 6.20 Å². The van der Waals surface area contributed by atoms with E-state index in [1.807, 2.05) is 73.3 Å². The Morgan fingerprint density at radius 1 is 1.09 bits per heavy atom. The van der Waals surface area contributed by atoms with E-state index in [2.05, 4.69) is 32.7 Å². The van der Waals surface area contributed by atoms with E-state index in [0.717, 1.165) is 23.4 Å². The minimum atomic E-state index is -0.0802. The van der Waals surface area contributed by atoms with Gasteiger partial charge in [0, 0.05) is 46.0 Å². The third kappa shape index (κ3) is 5.46. The maximum atomic E-state index is 13.3. The molecule has 2 heterocycles. The summed E-state index contributed by atoms with van der Waals surface area (Å²) in [6.07, 6.45) is 1.54. The fraction of sp³-hybridized carbons (Fsp3) is 0.346. The summed E-state index contributed by atoms with van der Waals surface area (Å²) in [5, 5.41) is 6.31. The Bertz CT molecular complexity index is 1090. The van der Waals surface area contributed by atoms with Crippen molar-refractivity contribution in [1.29, 1.82) is 0 Å². The molecule has 2 aromatic carbocycles. The van der Waals surface area contributed by atoms with Crippen molar-refractivity contribution >= 4 is 17.7 Å². The van der Waals surface area contributed by atoms with E-state index in [1.165, 1.54) is 0 Å². The Hall–Kier alpha value is -3.65. The van der Waals surface area contributed by atoms with E-state index < -0.39 is 0 Å². The highest BCUT2D eigenvalue weighted by Gasteiger charge is 2.27. The van der Waals surface area contributed by atoms with Gasteiger partial charge >= 0.3 is 0 Å². The molecule has 0 bridgehead atoms. The zero-order valence-corrected chi connectivity index (χ0v) is 20.0. The quantitative estimate of drug-likeness (QED) is 0.507. The third-order valence-electron chi connectivity index (χ3n) is 5.82. The second-order valence-electron chi connectivity index (χ2n) is 8.33. The first-order valence-electron chi connectivity index (χ1n) is 11.7. The van der Waals surface area contributed by atoms with Crippen LogP contribution < -0.4 is 20.3 Å². The molecule has 0 saturated heterocycles. The van der Waals surface area contributed by atoms with Crippen molar-refractivity contribution in [3.63, 3.8) is 0 Å². The minimum absolute atomic E-state index is 0.0547. The van der Waals surface area contributed by atoms with Crippen LogP contribution in [-0.4, -0.2) is 61.0 Å². The monoisotopic (exact) mass is 460 g/mol. The second kappa shape index (κ2) is 11.0. The van der Waals surface area contributed by atoms with Crippen LogP contribution in [0.1, 0.15) is 34.5 Å². The second-order valence-corrected chi connectivity index (χ2v) is 8.33. The van der Waals surface area contributed by atoms with Crippen LogP contribution in [0.4, 0.5) is 11.8 Å². The van der Waals surface area contributed by atoms with Gasteiger partial charge in [0.05, 0.1) is 0 Å². The van der Waals surface area contributed by atoms with Gasteiger partial charge in [0.15, 0.2) is 0 Å². The molecule has 3 aromatic rings. The molecule has 1 aromatic heterocycles. The molecule has 2 N–H and O–H groups in total. The molecule has 8 nitrogen and oxygen atoms in total. The lowest BCUT2D eigenvalue weighted by Crippen LogP contribution is -2.33. The van der Waals surface area contributed by atoms with Gasteiger partial charge in [-0.05, 0) is 37.2 Å². The number of nitrogens with one attached hydrogen (secondary N) is 2. The molecular formula is C26H32N6O2. The molecule has 4 rings (SSSR count). The summed E-state index contributed by atoms with van der Waals surface area (Å²) in [4.78, 5) is 26.0. The standard InChI is InChI=1S/C26H32N6O2/c1-4-28-26-29-16-22-24(30-26)31(3)14-15-32(25(22)33)18-19-10-12-21(13-11-19)34-23(17-27-2)20-8-6-5-7-9-20/h5-13,16,23,27H,4,14-15,17-18H2,1-3H3,(H,28,29,30). The number of nitrogens with zero attached hydrogens (tertiary/aromatic N) is 4. The van der Waals surface area contributed by atoms with Crippen LogP contribution >= 0.6 is 0 Å². The molecule has 0 saturated carbocycles. The van der Waals surface area contributed by atoms with Gasteiger partial charge in [0.1, 0.15) is 23.2 Å². The van der Waals surface area contributed by atoms with Crippen LogP contribution in [0.3, 0.4) is 0 Å². The van der Waals surface area contributed by atoms with Crippen molar-refractivity contribution in [1.82, 2.24) is 20.2 Å². The Labute approximate surface area is 201 Å². The number of likely N-dealkylation sites (N-methyl/N-ethyl adjacent to an activating group) is 2. The van der Waals surface area contributed by atoms with Crippen LogP contribution in [0.2, 0.25) is 0 Å². The maximum Gasteiger partial charge on any atom is 0.259 e. The fourth-order valence-corrected chi connectivity index (χ4v) is 4.00. The zero-order chi connectivity index (χ0) is 23.9. The molecule has 1 unspecified atom stereocenters. The SMILES string of the molecule is CCNc1ncc2c(n1)N(C)CCN(Cc1ccc(OC(CNC)c3ccccc3)cc1)C2=O. The van der Waals surface area contributed by atoms with Gasteiger partial charge in [-0.1, -0.05) is 42.5 Å². The van der Waals surface area contributed by atoms with Gasteiger partial charge in [-0.3, -0.25) is 4.79 Å². The lowest BCUT2D eigenvalue weighted by Gasteiger charge is -2.22. The smallest absolute Gasteiger partial charge is 0.259 e. The molecular weight excluding hydrogens is 428 g/mol. The summed E-state index contributed by atoms with van der Waals surface area (Å²) < 4.78 is 6.25. The van der Waals surface area contributed by atoms with Crippen LogP contribution in [-0.2, 0) is 6.54 Å². The van der Waals surface area contributed by atoms with Crippen LogP contribution in [0.25, 0.3) is 0 Å². The van der Waals surface area contributed by atoms with Gasteiger partial charge < -0.3 is 25.2 Å². The molecule has 1 aliphatic heterocycles. The summed E-state index contributed by atoms with van der Waals surface area (Å²) >= 11 is 0. The predicted octanol–water partition coefficient (Wildman–Crippen LogP) is 3.34. The topological polar surface area (TPSA) is 82.6 Å². The Balaban J connectivity index is 1.46. The Morgan fingerprint density at radius 3 is 2.56 bits per heavy atom. The van der Waals surface area contributed by atoms with Crippen molar-refractivity contribution in [2.24, 2.45) is 0 Å². The van der Waals surface area contributed by atoms with E-state index in [0.29, 0.717) is 43.5 Å². The van der Waals surface area contributed by atoms with Crippen molar-refractivity contribution in [3.05, 3.63) is 77.5 Å². The van der Waals surface area contributed by atoms with Gasteiger partial charge in [0.25, 0.3) is 5.91 Å². The highest BCUT2D eigenvalue weighted by atomic mass is 16.5. The first kappa shape index (κ1) is 23.5. The van der Waals surface area contributed by atoms with Crippen LogP contribution in [0.15, 0.2) is 60.8 Å². The van der Waals surface area contributed by atoms with Gasteiger partial charge in [0.2, 0.25) is 5.95 Å². The van der Waals surface area contributed by atoms with Gasteiger partial charge in [-0.2, -0.15) is 4.98 Å². The molecule has 1 atom stereocenters. The summed E-state index contributed by atoms with van der Waals surface area (Å²) in [6.45, 7) is 5.25. The number of fused-ring (bicyclic) bond motifs is 1. The number of anilines is 2. The number of ether oxygens (including phenoxy) is 1. The number of amides is 1. The lowest BCUT2D eigenvalue weighted by atomic mass is 10.1. The first-order valence-corrected chi connectivity index (χ1v) is 11.7. The van der Waals surface area contributed by atoms with Crippen LogP contribution in [0, 0.1) is 0 Å². The number of rotatable bonds is 9. The fourth-order valence-electron chi connectivity index (χ4n) is 4.00. The molecule has 0 fully saturated rings. The van der Waals surface area contributed by atoms with Crippen molar-refractivity contribution in [2.45, 2.75) is 19.6 Å². The van der Waals surface area contributed by atoms with Crippen LogP contribution in [0.5, 0.6) is 5.75 Å². The number of benzene rings is 2. The van der Waals surface area contributed by atoms with Crippen molar-refractivity contribution < 1.29 is 9.53 Å². The molecule has 1 amide bonds. The van der Waals surface area contributed by atoms with Gasteiger partial charge in [-0.25, -0.2) is 4.98 Å².